The van der Waals surface area contributed by atoms with Crippen LogP contribution in [0.2, 0.25) is 0 Å². The molecule has 26 heavy (non-hydrogen) atoms. The summed E-state index contributed by atoms with van der Waals surface area (Å²) in [5.41, 5.74) is 0.121. The van der Waals surface area contributed by atoms with Crippen molar-refractivity contribution < 1.29 is 19.5 Å². The molecule has 5 heteroatoms. The number of aliphatic hydroxyl groups is 1. The van der Waals surface area contributed by atoms with E-state index in [0.29, 0.717) is 32.2 Å². The minimum absolute atomic E-state index is 0.0703. The Bertz CT molecular complexity index is 564. The Morgan fingerprint density at radius 3 is 2.35 bits per heavy atom. The number of carbonyl (C=O) groups excluding carboxylic acids is 3. The quantitative estimate of drug-likeness (QED) is 0.669. The fourth-order valence-electron chi connectivity index (χ4n) is 3.44. The number of nitrogens with zero attached hydrogens (tertiary/aromatic N) is 1. The number of allylic oxidation sites excluding steroid dienone is 1. The third-order valence-electron chi connectivity index (χ3n) is 5.69. The highest BCUT2D eigenvalue weighted by Gasteiger charge is 2.40. The zero-order valence-electron chi connectivity index (χ0n) is 17.2. The van der Waals surface area contributed by atoms with Crippen LogP contribution in [0.1, 0.15) is 66.7 Å². The normalized spacial score (nSPS) is 32.3. The lowest BCUT2D eigenvalue weighted by Gasteiger charge is -2.33. The molecule has 0 radical (unpaired) electrons. The number of Topliss-reactive ketones (excluding diaryl/α,β-unsaturated/α-hetero) is 2. The number of ketones is 2. The zero-order valence-corrected chi connectivity index (χ0v) is 17.2. The van der Waals surface area contributed by atoms with Crippen molar-refractivity contribution in [2.24, 2.45) is 17.3 Å². The summed E-state index contributed by atoms with van der Waals surface area (Å²) in [6, 6.07) is 0. The molecule has 1 aliphatic heterocycles. The molecule has 1 amide bonds. The van der Waals surface area contributed by atoms with E-state index >= 15 is 0 Å². The van der Waals surface area contributed by atoms with Gasteiger partial charge in [-0.05, 0) is 26.2 Å². The van der Waals surface area contributed by atoms with Gasteiger partial charge >= 0.3 is 0 Å². The second kappa shape index (κ2) is 9.45. The molecule has 0 bridgehead atoms. The maximum Gasteiger partial charge on any atom is 0.224 e. The molecule has 0 fully saturated rings. The molecular weight excluding hydrogens is 330 g/mol. The first-order valence-electron chi connectivity index (χ1n) is 9.61. The second-order valence-electron chi connectivity index (χ2n) is 8.46. The molecule has 1 unspecified atom stereocenters. The predicted octanol–water partition coefficient (Wildman–Crippen LogP) is 3.15. The Morgan fingerprint density at radius 2 is 1.73 bits per heavy atom. The monoisotopic (exact) mass is 365 g/mol. The van der Waals surface area contributed by atoms with Gasteiger partial charge in [-0.2, -0.15) is 0 Å². The van der Waals surface area contributed by atoms with Crippen LogP contribution >= 0.6 is 0 Å². The lowest BCUT2D eigenvalue weighted by Crippen LogP contribution is -2.43. The van der Waals surface area contributed by atoms with Crippen molar-refractivity contribution in [3.8, 4) is 0 Å². The van der Waals surface area contributed by atoms with Gasteiger partial charge in [0.05, 0.1) is 17.9 Å². The number of hydrogen-bond acceptors (Lipinski definition) is 4. The zero-order chi connectivity index (χ0) is 20.1. The molecule has 0 aromatic rings. The summed E-state index contributed by atoms with van der Waals surface area (Å²) in [6.07, 6.45) is 3.35. The van der Waals surface area contributed by atoms with Crippen LogP contribution in [-0.2, 0) is 14.4 Å². The SMILES string of the molecule is C/C1=C/CCN(C)C(=O)C[C@H](O)C(C)(C)C(=O)C(C)C[C@@H](C)C(=O)CC1. The van der Waals surface area contributed by atoms with E-state index in [0.717, 1.165) is 5.57 Å². The average molecular weight is 366 g/mol. The molecule has 3 atom stereocenters. The Morgan fingerprint density at radius 1 is 1.12 bits per heavy atom. The number of amides is 1. The summed E-state index contributed by atoms with van der Waals surface area (Å²) < 4.78 is 0. The van der Waals surface area contributed by atoms with Crippen molar-refractivity contribution in [2.45, 2.75) is 72.8 Å². The fourth-order valence-corrected chi connectivity index (χ4v) is 3.44. The molecule has 1 heterocycles. The van der Waals surface area contributed by atoms with Gasteiger partial charge in [0.15, 0.2) is 0 Å². The molecule has 148 valence electrons. The molecule has 0 spiro atoms. The predicted molar refractivity (Wildman–Crippen MR) is 103 cm³/mol. The van der Waals surface area contributed by atoms with Crippen LogP contribution in [0.3, 0.4) is 0 Å². The molecule has 1 aliphatic rings. The maximum atomic E-state index is 12.9. The minimum Gasteiger partial charge on any atom is -0.392 e. The van der Waals surface area contributed by atoms with Gasteiger partial charge in [-0.25, -0.2) is 0 Å². The highest BCUT2D eigenvalue weighted by Crippen LogP contribution is 2.31. The summed E-state index contributed by atoms with van der Waals surface area (Å²) in [4.78, 5) is 39.2. The van der Waals surface area contributed by atoms with Crippen LogP contribution in [0.15, 0.2) is 11.6 Å². The maximum absolute atomic E-state index is 12.9. The summed E-state index contributed by atoms with van der Waals surface area (Å²) in [6.45, 7) is 9.61. The Balaban J connectivity index is 3.04. The van der Waals surface area contributed by atoms with E-state index < -0.39 is 11.5 Å². The van der Waals surface area contributed by atoms with E-state index in [1.165, 1.54) is 0 Å². The summed E-state index contributed by atoms with van der Waals surface area (Å²) in [7, 11) is 1.71. The lowest BCUT2D eigenvalue weighted by molar-refractivity contribution is -0.141. The number of rotatable bonds is 0. The van der Waals surface area contributed by atoms with E-state index in [1.54, 1.807) is 25.8 Å². The van der Waals surface area contributed by atoms with Crippen LogP contribution in [-0.4, -0.2) is 47.2 Å². The summed E-state index contributed by atoms with van der Waals surface area (Å²) in [5, 5.41) is 10.5. The van der Waals surface area contributed by atoms with Crippen molar-refractivity contribution >= 4 is 17.5 Å². The lowest BCUT2D eigenvalue weighted by atomic mass is 9.73. The van der Waals surface area contributed by atoms with Crippen LogP contribution < -0.4 is 0 Å². The van der Waals surface area contributed by atoms with Crippen molar-refractivity contribution in [3.05, 3.63) is 11.6 Å². The van der Waals surface area contributed by atoms with Crippen LogP contribution in [0.5, 0.6) is 0 Å². The fraction of sp³-hybridized carbons (Fsp3) is 0.762. The highest BCUT2D eigenvalue weighted by molar-refractivity contribution is 5.89. The average Bonchev–Trinajstić information content (AvgIpc) is 2.57. The van der Waals surface area contributed by atoms with Gasteiger partial charge in [-0.3, -0.25) is 14.4 Å². The first-order valence-corrected chi connectivity index (χ1v) is 9.61. The molecular formula is C21H35NO4. The van der Waals surface area contributed by atoms with E-state index in [1.807, 2.05) is 20.8 Å². The summed E-state index contributed by atoms with van der Waals surface area (Å²) >= 11 is 0. The highest BCUT2D eigenvalue weighted by atomic mass is 16.3. The Labute approximate surface area is 157 Å². The van der Waals surface area contributed by atoms with E-state index in [-0.39, 0.29) is 35.7 Å². The van der Waals surface area contributed by atoms with Gasteiger partial charge in [0.25, 0.3) is 0 Å². The van der Waals surface area contributed by atoms with Crippen LogP contribution in [0, 0.1) is 17.3 Å². The number of hydrogen-bond donors (Lipinski definition) is 1. The third kappa shape index (κ3) is 6.04. The van der Waals surface area contributed by atoms with Crippen LogP contribution in [0.25, 0.3) is 0 Å². The summed E-state index contributed by atoms with van der Waals surface area (Å²) in [5.74, 6) is -0.600. The molecule has 0 saturated carbocycles. The molecule has 0 aromatic heterocycles. The van der Waals surface area contributed by atoms with Gasteiger partial charge in [0, 0.05) is 31.8 Å². The van der Waals surface area contributed by atoms with Crippen molar-refractivity contribution in [1.29, 1.82) is 0 Å². The van der Waals surface area contributed by atoms with Crippen molar-refractivity contribution in [1.82, 2.24) is 4.90 Å². The van der Waals surface area contributed by atoms with Gasteiger partial charge < -0.3 is 10.0 Å². The Kier molecular flexibility index (Phi) is 8.19. The topological polar surface area (TPSA) is 74.7 Å². The van der Waals surface area contributed by atoms with Gasteiger partial charge in [-0.1, -0.05) is 39.3 Å². The Hall–Kier alpha value is -1.49. The minimum atomic E-state index is -1.04. The number of carbonyl (C=O) groups is 3. The van der Waals surface area contributed by atoms with E-state index in [9.17, 15) is 19.5 Å². The smallest absolute Gasteiger partial charge is 0.224 e. The molecule has 0 aliphatic carbocycles. The first-order chi connectivity index (χ1) is 12.0. The molecule has 0 aromatic carbocycles. The molecule has 1 rings (SSSR count). The van der Waals surface area contributed by atoms with Crippen LogP contribution in [0.4, 0.5) is 0 Å². The first kappa shape index (κ1) is 22.6. The van der Waals surface area contributed by atoms with Crippen molar-refractivity contribution in [3.63, 3.8) is 0 Å². The van der Waals surface area contributed by atoms with Crippen molar-refractivity contribution in [2.75, 3.05) is 13.6 Å². The van der Waals surface area contributed by atoms with E-state index in [4.69, 9.17) is 0 Å². The third-order valence-corrected chi connectivity index (χ3v) is 5.69. The van der Waals surface area contributed by atoms with E-state index in [2.05, 4.69) is 6.08 Å². The second-order valence-corrected chi connectivity index (χ2v) is 8.46. The van der Waals surface area contributed by atoms with Gasteiger partial charge in [-0.15, -0.1) is 0 Å². The molecule has 0 saturated heterocycles. The largest absolute Gasteiger partial charge is 0.392 e. The van der Waals surface area contributed by atoms with Gasteiger partial charge in [0.1, 0.15) is 11.6 Å². The molecule has 5 nitrogen and oxygen atoms in total. The number of aliphatic hydroxyl groups excluding tert-OH is 1. The molecule has 1 N–H and O–H groups in total. The van der Waals surface area contributed by atoms with Gasteiger partial charge in [0.2, 0.25) is 5.91 Å². The standard InChI is InChI=1S/C21H35NO4/c1-14-8-7-11-22(6)19(25)13-18(24)21(4,5)20(26)16(3)12-15(2)17(23)10-9-14/h8,15-16,18,24H,7,9-13H2,1-6H3/b14-8-/t15-,16?,18+/m1/s1.